The Hall–Kier alpha value is -3.21. The SMILES string of the molecule is CC(C)(CNc1nc2nc(Sc3cccnc3C(F)(F)F)cnc2[nH]1)Cc1cccnc1. The highest BCUT2D eigenvalue weighted by Gasteiger charge is 2.35. The Morgan fingerprint density at radius 3 is 2.59 bits per heavy atom. The third-order valence-corrected chi connectivity index (χ3v) is 5.54. The van der Waals surface area contributed by atoms with Gasteiger partial charge < -0.3 is 10.3 Å². The summed E-state index contributed by atoms with van der Waals surface area (Å²) < 4.78 is 39.6. The Labute approximate surface area is 186 Å². The quantitative estimate of drug-likeness (QED) is 0.402. The molecule has 0 unspecified atom stereocenters. The third kappa shape index (κ3) is 5.34. The molecule has 0 spiro atoms. The monoisotopic (exact) mass is 459 g/mol. The number of alkyl halides is 3. The summed E-state index contributed by atoms with van der Waals surface area (Å²) in [5.41, 5.74) is 0.886. The Morgan fingerprint density at radius 1 is 1.03 bits per heavy atom. The molecule has 0 fully saturated rings. The standard InChI is InChI=1S/C21H20F3N7S/c1-20(2,9-13-5-3-7-25-10-13)12-28-19-30-17-18(31-19)29-15(11-27-17)32-14-6-4-8-26-16(14)21(22,23)24/h3-8,10-11H,9,12H2,1-2H3,(H2,27,28,29,30,31). The molecule has 4 aromatic heterocycles. The van der Waals surface area contributed by atoms with Crippen LogP contribution in [0.3, 0.4) is 0 Å². The van der Waals surface area contributed by atoms with Crippen molar-refractivity contribution in [3.63, 3.8) is 0 Å². The van der Waals surface area contributed by atoms with E-state index in [2.05, 4.69) is 49.1 Å². The Balaban J connectivity index is 1.47. The number of hydrogen-bond acceptors (Lipinski definition) is 7. The van der Waals surface area contributed by atoms with Crippen molar-refractivity contribution in [3.05, 3.63) is 60.3 Å². The fourth-order valence-corrected chi connectivity index (χ4v) is 4.02. The molecule has 7 nitrogen and oxygen atoms in total. The van der Waals surface area contributed by atoms with Gasteiger partial charge in [-0.05, 0) is 35.6 Å². The fraction of sp³-hybridized carbons (Fsp3) is 0.286. The molecule has 0 aliphatic carbocycles. The lowest BCUT2D eigenvalue weighted by Crippen LogP contribution is -2.26. The minimum absolute atomic E-state index is 0.0420. The lowest BCUT2D eigenvalue weighted by atomic mass is 9.86. The number of hydrogen-bond donors (Lipinski definition) is 2. The molecular formula is C21H20F3N7S. The largest absolute Gasteiger partial charge is 0.434 e. The first-order chi connectivity index (χ1) is 15.2. The minimum Gasteiger partial charge on any atom is -0.355 e. The van der Waals surface area contributed by atoms with Crippen LogP contribution >= 0.6 is 11.8 Å². The first-order valence-corrected chi connectivity index (χ1v) is 10.6. The molecule has 0 amide bonds. The van der Waals surface area contributed by atoms with Crippen LogP contribution in [0.4, 0.5) is 19.1 Å². The first-order valence-electron chi connectivity index (χ1n) is 9.75. The van der Waals surface area contributed by atoms with Gasteiger partial charge in [0.25, 0.3) is 0 Å². The molecule has 32 heavy (non-hydrogen) atoms. The summed E-state index contributed by atoms with van der Waals surface area (Å²) in [6, 6.07) is 6.76. The summed E-state index contributed by atoms with van der Waals surface area (Å²) in [6.07, 6.45) is 2.40. The summed E-state index contributed by atoms with van der Waals surface area (Å²) >= 11 is 0.848. The molecule has 2 N–H and O–H groups in total. The van der Waals surface area contributed by atoms with Crippen molar-refractivity contribution >= 4 is 29.0 Å². The van der Waals surface area contributed by atoms with E-state index in [9.17, 15) is 13.2 Å². The predicted molar refractivity (Wildman–Crippen MR) is 115 cm³/mol. The van der Waals surface area contributed by atoms with E-state index in [1.165, 1.54) is 18.3 Å². The molecule has 0 radical (unpaired) electrons. The number of aromatic amines is 1. The number of halogens is 3. The molecular weight excluding hydrogens is 439 g/mol. The predicted octanol–water partition coefficient (Wildman–Crippen LogP) is 4.99. The van der Waals surface area contributed by atoms with Gasteiger partial charge in [-0.2, -0.15) is 18.2 Å². The van der Waals surface area contributed by atoms with Crippen LogP contribution < -0.4 is 5.32 Å². The van der Waals surface area contributed by atoms with Crippen molar-refractivity contribution in [2.24, 2.45) is 5.41 Å². The summed E-state index contributed by atoms with van der Waals surface area (Å²) in [6.45, 7) is 4.90. The number of fused-ring (bicyclic) bond motifs is 1. The van der Waals surface area contributed by atoms with E-state index in [-0.39, 0.29) is 10.3 Å². The van der Waals surface area contributed by atoms with Gasteiger partial charge in [-0.25, -0.2) is 9.97 Å². The molecule has 0 aliphatic heterocycles. The molecule has 0 aromatic carbocycles. The van der Waals surface area contributed by atoms with Gasteiger partial charge in [0.05, 0.1) is 6.20 Å². The number of rotatable bonds is 7. The zero-order valence-electron chi connectivity index (χ0n) is 17.3. The smallest absolute Gasteiger partial charge is 0.355 e. The molecule has 0 saturated heterocycles. The topological polar surface area (TPSA) is 92.3 Å². The molecule has 166 valence electrons. The van der Waals surface area contributed by atoms with Crippen LogP contribution in [0.15, 0.2) is 59.0 Å². The van der Waals surface area contributed by atoms with Crippen molar-refractivity contribution in [2.75, 3.05) is 11.9 Å². The third-order valence-electron chi connectivity index (χ3n) is 4.58. The van der Waals surface area contributed by atoms with E-state index in [1.807, 2.05) is 18.3 Å². The van der Waals surface area contributed by atoms with E-state index < -0.39 is 11.9 Å². The van der Waals surface area contributed by atoms with Crippen LogP contribution in [0.5, 0.6) is 0 Å². The molecule has 4 aromatic rings. The van der Waals surface area contributed by atoms with Gasteiger partial charge >= 0.3 is 6.18 Å². The molecule has 0 saturated carbocycles. The number of aromatic nitrogens is 6. The molecule has 4 rings (SSSR count). The van der Waals surface area contributed by atoms with Crippen molar-refractivity contribution < 1.29 is 13.2 Å². The average Bonchev–Trinajstić information content (AvgIpc) is 3.15. The van der Waals surface area contributed by atoms with E-state index >= 15 is 0 Å². The van der Waals surface area contributed by atoms with Crippen LogP contribution in [0.2, 0.25) is 0 Å². The molecule has 0 bridgehead atoms. The number of nitrogens with one attached hydrogen (secondary N) is 2. The second kappa shape index (κ2) is 8.73. The second-order valence-electron chi connectivity index (χ2n) is 7.97. The van der Waals surface area contributed by atoms with Crippen molar-refractivity contribution in [1.29, 1.82) is 0 Å². The van der Waals surface area contributed by atoms with Crippen molar-refractivity contribution in [2.45, 2.75) is 36.4 Å². The fourth-order valence-electron chi connectivity index (χ4n) is 3.15. The Bertz CT molecular complexity index is 1210. The van der Waals surface area contributed by atoms with Crippen molar-refractivity contribution in [3.8, 4) is 0 Å². The molecule has 4 heterocycles. The summed E-state index contributed by atoms with van der Waals surface area (Å²) in [7, 11) is 0. The lowest BCUT2D eigenvalue weighted by molar-refractivity contribution is -0.143. The summed E-state index contributed by atoms with van der Waals surface area (Å²) in [5, 5.41) is 3.56. The average molecular weight is 460 g/mol. The molecule has 0 aliphatic rings. The van der Waals surface area contributed by atoms with Gasteiger partial charge in [0.15, 0.2) is 17.0 Å². The van der Waals surface area contributed by atoms with Gasteiger partial charge in [-0.1, -0.05) is 31.7 Å². The van der Waals surface area contributed by atoms with Crippen molar-refractivity contribution in [1.82, 2.24) is 29.9 Å². The van der Waals surface area contributed by atoms with E-state index in [0.717, 1.165) is 29.9 Å². The van der Waals surface area contributed by atoms with Crippen LogP contribution in [0.25, 0.3) is 11.3 Å². The first kappa shape index (κ1) is 22.0. The number of anilines is 1. The lowest BCUT2D eigenvalue weighted by Gasteiger charge is -2.24. The zero-order valence-corrected chi connectivity index (χ0v) is 18.1. The Kier molecular flexibility index (Phi) is 6.00. The number of H-pyrrole nitrogens is 1. The molecule has 0 atom stereocenters. The van der Waals surface area contributed by atoms with Crippen LogP contribution in [0, 0.1) is 5.41 Å². The summed E-state index contributed by atoms with van der Waals surface area (Å²) in [4.78, 5) is 23.6. The highest BCUT2D eigenvalue weighted by Crippen LogP contribution is 2.37. The van der Waals surface area contributed by atoms with E-state index in [0.29, 0.717) is 28.8 Å². The Morgan fingerprint density at radius 2 is 1.84 bits per heavy atom. The van der Waals surface area contributed by atoms with Crippen LogP contribution in [0.1, 0.15) is 25.1 Å². The normalized spacial score (nSPS) is 12.3. The van der Waals surface area contributed by atoms with Crippen LogP contribution in [-0.2, 0) is 12.6 Å². The van der Waals surface area contributed by atoms with E-state index in [4.69, 9.17) is 0 Å². The highest BCUT2D eigenvalue weighted by molar-refractivity contribution is 7.99. The van der Waals surface area contributed by atoms with Gasteiger partial charge in [0, 0.05) is 30.0 Å². The van der Waals surface area contributed by atoms with E-state index in [1.54, 1.807) is 6.20 Å². The maximum absolute atomic E-state index is 13.2. The van der Waals surface area contributed by atoms with Crippen LogP contribution in [-0.4, -0.2) is 36.4 Å². The number of nitrogens with zero attached hydrogens (tertiary/aromatic N) is 5. The second-order valence-corrected chi connectivity index (χ2v) is 9.03. The van der Waals surface area contributed by atoms with Gasteiger partial charge in [-0.15, -0.1) is 0 Å². The zero-order chi connectivity index (χ0) is 22.8. The molecule has 11 heteroatoms. The highest BCUT2D eigenvalue weighted by atomic mass is 32.2. The summed E-state index contributed by atoms with van der Waals surface area (Å²) in [5.74, 6) is 0.499. The number of imidazole rings is 1. The van der Waals surface area contributed by atoms with Gasteiger partial charge in [0.2, 0.25) is 5.95 Å². The maximum atomic E-state index is 13.2. The van der Waals surface area contributed by atoms with Gasteiger partial charge in [0.1, 0.15) is 5.03 Å². The van der Waals surface area contributed by atoms with Gasteiger partial charge in [-0.3, -0.25) is 9.97 Å². The number of pyridine rings is 2. The minimum atomic E-state index is -4.55. The maximum Gasteiger partial charge on any atom is 0.434 e.